The topological polar surface area (TPSA) is 38.3 Å². The molecule has 1 N–H and O–H groups in total. The number of halogens is 2. The van der Waals surface area contributed by atoms with Crippen LogP contribution in [0.4, 0.5) is 14.9 Å². The summed E-state index contributed by atoms with van der Waals surface area (Å²) in [4.78, 5) is 11.2. The molecule has 0 heterocycles. The van der Waals surface area contributed by atoms with Crippen LogP contribution in [-0.4, -0.2) is 12.2 Å². The van der Waals surface area contributed by atoms with Crippen molar-refractivity contribution in [2.45, 2.75) is 20.0 Å². The highest BCUT2D eigenvalue weighted by Gasteiger charge is 2.08. The van der Waals surface area contributed by atoms with E-state index >= 15 is 0 Å². The first-order chi connectivity index (χ1) is 6.99. The monoisotopic (exact) mass is 275 g/mol. The molecule has 5 heteroatoms. The number of ether oxygens (including phenoxy) is 1. The summed E-state index contributed by atoms with van der Waals surface area (Å²) in [6.07, 6.45) is -0.811. The number of rotatable bonds is 2. The molecular weight excluding hydrogens is 265 g/mol. The van der Waals surface area contributed by atoms with E-state index in [1.165, 1.54) is 18.2 Å². The van der Waals surface area contributed by atoms with E-state index in [1.54, 1.807) is 13.8 Å². The van der Waals surface area contributed by atoms with Gasteiger partial charge in [0.05, 0.1) is 11.8 Å². The Bertz CT molecular complexity index is 368. The van der Waals surface area contributed by atoms with E-state index in [0.717, 1.165) is 0 Å². The number of benzene rings is 1. The summed E-state index contributed by atoms with van der Waals surface area (Å²) >= 11 is 3.19. The summed E-state index contributed by atoms with van der Waals surface area (Å²) in [5.41, 5.74) is 0.348. The number of nitrogens with one attached hydrogen (secondary N) is 1. The fourth-order valence-electron chi connectivity index (χ4n) is 0.947. The first-order valence-electron chi connectivity index (χ1n) is 4.41. The highest BCUT2D eigenvalue weighted by Crippen LogP contribution is 2.23. The highest BCUT2D eigenvalue weighted by atomic mass is 79.9. The van der Waals surface area contributed by atoms with Gasteiger partial charge in [-0.05, 0) is 48.0 Å². The molecule has 0 aliphatic heterocycles. The van der Waals surface area contributed by atoms with Gasteiger partial charge >= 0.3 is 6.09 Å². The van der Waals surface area contributed by atoms with Crippen molar-refractivity contribution < 1.29 is 13.9 Å². The Labute approximate surface area is 95.7 Å². The minimum Gasteiger partial charge on any atom is -0.447 e. The molecular formula is C10H11BrFNO2. The minimum atomic E-state index is -0.601. The Hall–Kier alpha value is -1.10. The van der Waals surface area contributed by atoms with Crippen molar-refractivity contribution in [3.8, 4) is 0 Å². The summed E-state index contributed by atoms with van der Waals surface area (Å²) in [6, 6.07) is 4.02. The molecule has 0 spiro atoms. The van der Waals surface area contributed by atoms with Crippen molar-refractivity contribution >= 4 is 27.7 Å². The maximum atomic E-state index is 12.8. The van der Waals surface area contributed by atoms with Gasteiger partial charge in [0.1, 0.15) is 5.82 Å². The molecule has 0 bridgehead atoms. The second-order valence-corrected chi connectivity index (χ2v) is 4.06. The van der Waals surface area contributed by atoms with Crippen LogP contribution in [0.5, 0.6) is 0 Å². The van der Waals surface area contributed by atoms with Crippen LogP contribution in [0.2, 0.25) is 0 Å². The van der Waals surface area contributed by atoms with Gasteiger partial charge in [-0.1, -0.05) is 0 Å². The first kappa shape index (κ1) is 12.0. The quantitative estimate of drug-likeness (QED) is 0.897. The van der Waals surface area contributed by atoms with E-state index in [4.69, 9.17) is 4.74 Å². The van der Waals surface area contributed by atoms with Gasteiger partial charge in [0.2, 0.25) is 0 Å². The maximum Gasteiger partial charge on any atom is 0.411 e. The second kappa shape index (κ2) is 5.11. The number of hydrogen-bond acceptors (Lipinski definition) is 2. The molecule has 0 unspecified atom stereocenters. The molecule has 0 saturated heterocycles. The molecule has 1 aromatic rings. The van der Waals surface area contributed by atoms with Gasteiger partial charge in [-0.2, -0.15) is 0 Å². The van der Waals surface area contributed by atoms with Crippen molar-refractivity contribution in [3.63, 3.8) is 0 Å². The Kier molecular flexibility index (Phi) is 4.08. The van der Waals surface area contributed by atoms with Crippen molar-refractivity contribution in [2.75, 3.05) is 5.32 Å². The van der Waals surface area contributed by atoms with Crippen LogP contribution in [0, 0.1) is 5.82 Å². The molecule has 1 rings (SSSR count). The van der Waals surface area contributed by atoms with Crippen LogP contribution in [0.25, 0.3) is 0 Å². The number of amides is 1. The van der Waals surface area contributed by atoms with Crippen LogP contribution in [0.1, 0.15) is 13.8 Å². The predicted molar refractivity (Wildman–Crippen MR) is 59.3 cm³/mol. The lowest BCUT2D eigenvalue weighted by atomic mass is 10.3. The highest BCUT2D eigenvalue weighted by molar-refractivity contribution is 9.10. The van der Waals surface area contributed by atoms with Crippen LogP contribution in [0.15, 0.2) is 22.7 Å². The maximum absolute atomic E-state index is 12.8. The normalized spacial score (nSPS) is 10.2. The molecule has 0 aromatic heterocycles. The molecule has 0 aliphatic rings. The third kappa shape index (κ3) is 3.87. The molecule has 3 nitrogen and oxygen atoms in total. The molecule has 15 heavy (non-hydrogen) atoms. The lowest BCUT2D eigenvalue weighted by molar-refractivity contribution is 0.130. The lowest BCUT2D eigenvalue weighted by Gasteiger charge is -2.10. The van der Waals surface area contributed by atoms with Gasteiger partial charge in [0, 0.05) is 4.47 Å². The van der Waals surface area contributed by atoms with E-state index in [9.17, 15) is 9.18 Å². The van der Waals surface area contributed by atoms with Crippen LogP contribution >= 0.6 is 15.9 Å². The number of hydrogen-bond donors (Lipinski definition) is 1. The Morgan fingerprint density at radius 1 is 1.53 bits per heavy atom. The van der Waals surface area contributed by atoms with Crippen molar-refractivity contribution in [1.29, 1.82) is 0 Å². The standard InChI is InChI=1S/C10H11BrFNO2/c1-6(2)15-10(14)13-9-5-7(12)3-4-8(9)11/h3-6H,1-2H3,(H,13,14). The Balaban J connectivity index is 2.71. The van der Waals surface area contributed by atoms with E-state index < -0.39 is 11.9 Å². The zero-order chi connectivity index (χ0) is 11.4. The Morgan fingerprint density at radius 3 is 2.80 bits per heavy atom. The average Bonchev–Trinajstić information content (AvgIpc) is 2.10. The number of carbonyl (C=O) groups excluding carboxylic acids is 1. The van der Waals surface area contributed by atoms with Gasteiger partial charge in [-0.25, -0.2) is 9.18 Å². The van der Waals surface area contributed by atoms with E-state index in [0.29, 0.717) is 10.2 Å². The third-order valence-electron chi connectivity index (χ3n) is 1.51. The first-order valence-corrected chi connectivity index (χ1v) is 5.21. The summed E-state index contributed by atoms with van der Waals surface area (Å²) in [5, 5.41) is 2.43. The minimum absolute atomic E-state index is 0.211. The smallest absolute Gasteiger partial charge is 0.411 e. The zero-order valence-corrected chi connectivity index (χ0v) is 9.97. The fourth-order valence-corrected chi connectivity index (χ4v) is 1.29. The summed E-state index contributed by atoms with van der Waals surface area (Å²) in [5.74, 6) is -0.418. The molecule has 0 saturated carbocycles. The number of anilines is 1. The van der Waals surface area contributed by atoms with Gasteiger partial charge in [0.25, 0.3) is 0 Å². The molecule has 1 aromatic carbocycles. The summed E-state index contributed by atoms with van der Waals surface area (Å²) in [6.45, 7) is 3.47. The summed E-state index contributed by atoms with van der Waals surface area (Å²) in [7, 11) is 0. The molecule has 1 amide bonds. The number of carbonyl (C=O) groups is 1. The lowest BCUT2D eigenvalue weighted by Crippen LogP contribution is -2.18. The van der Waals surface area contributed by atoms with Crippen molar-refractivity contribution in [3.05, 3.63) is 28.5 Å². The average molecular weight is 276 g/mol. The van der Waals surface area contributed by atoms with E-state index in [1.807, 2.05) is 0 Å². The molecule has 82 valence electrons. The Morgan fingerprint density at radius 2 is 2.20 bits per heavy atom. The largest absolute Gasteiger partial charge is 0.447 e. The van der Waals surface area contributed by atoms with Crippen LogP contribution < -0.4 is 5.32 Å². The van der Waals surface area contributed by atoms with Crippen molar-refractivity contribution in [1.82, 2.24) is 0 Å². The van der Waals surface area contributed by atoms with Gasteiger partial charge in [-0.15, -0.1) is 0 Å². The molecule has 0 aliphatic carbocycles. The second-order valence-electron chi connectivity index (χ2n) is 3.20. The van der Waals surface area contributed by atoms with Crippen molar-refractivity contribution in [2.24, 2.45) is 0 Å². The molecule has 0 radical (unpaired) electrons. The van der Waals surface area contributed by atoms with Crippen LogP contribution in [-0.2, 0) is 4.74 Å². The molecule has 0 atom stereocenters. The molecule has 0 fully saturated rings. The third-order valence-corrected chi connectivity index (χ3v) is 2.20. The van der Waals surface area contributed by atoms with Gasteiger partial charge < -0.3 is 4.74 Å². The van der Waals surface area contributed by atoms with Gasteiger partial charge in [0.15, 0.2) is 0 Å². The zero-order valence-electron chi connectivity index (χ0n) is 8.38. The van der Waals surface area contributed by atoms with Gasteiger partial charge in [-0.3, -0.25) is 5.32 Å². The van der Waals surface area contributed by atoms with E-state index in [-0.39, 0.29) is 6.10 Å². The SMILES string of the molecule is CC(C)OC(=O)Nc1cc(F)ccc1Br. The predicted octanol–water partition coefficient (Wildman–Crippen LogP) is 3.55. The summed E-state index contributed by atoms with van der Waals surface area (Å²) < 4.78 is 18.3. The van der Waals surface area contributed by atoms with E-state index in [2.05, 4.69) is 21.2 Å². The van der Waals surface area contributed by atoms with Crippen LogP contribution in [0.3, 0.4) is 0 Å². The fraction of sp³-hybridized carbons (Fsp3) is 0.300.